The van der Waals surface area contributed by atoms with Gasteiger partial charge in [-0.05, 0) is 43.2 Å². The fraction of sp³-hybridized carbons (Fsp3) is 0.300. The lowest BCUT2D eigenvalue weighted by Gasteiger charge is -2.31. The molecule has 0 aromatic heterocycles. The molecule has 5 nitrogen and oxygen atoms in total. The Kier molecular flexibility index (Phi) is 6.28. The first-order valence-electron chi connectivity index (χ1n) is 8.64. The number of nitrogens with one attached hydrogen (secondary N) is 1. The number of nitrogens with zero attached hydrogens (tertiary/aromatic N) is 1. The summed E-state index contributed by atoms with van der Waals surface area (Å²) in [6.45, 7) is 1.18. The van der Waals surface area contributed by atoms with Gasteiger partial charge in [-0.15, -0.1) is 0 Å². The van der Waals surface area contributed by atoms with Crippen LogP contribution in [0.1, 0.15) is 12.8 Å². The van der Waals surface area contributed by atoms with E-state index in [9.17, 15) is 9.59 Å². The van der Waals surface area contributed by atoms with Gasteiger partial charge >= 0.3 is 0 Å². The Morgan fingerprint density at radius 2 is 1.81 bits per heavy atom. The first kappa shape index (κ1) is 18.5. The molecule has 3 rings (SSSR count). The third-order valence-electron chi connectivity index (χ3n) is 4.42. The standard InChI is InChI=1S/C20H21BrN2O3/c21-16-5-4-6-17(13-16)22-20(25)15-9-11-23(12-10-15)19(24)14-26-18-7-2-1-3-8-18/h1-8,13,15H,9-12,14H2,(H,22,25). The van der Waals surface area contributed by atoms with Crippen LogP contribution < -0.4 is 10.1 Å². The number of ether oxygens (including phenoxy) is 1. The molecule has 1 fully saturated rings. The van der Waals surface area contributed by atoms with Crippen LogP contribution in [0.2, 0.25) is 0 Å². The molecule has 2 amide bonds. The van der Waals surface area contributed by atoms with Gasteiger partial charge in [0, 0.05) is 29.2 Å². The van der Waals surface area contributed by atoms with Crippen molar-refractivity contribution in [1.82, 2.24) is 4.90 Å². The van der Waals surface area contributed by atoms with E-state index in [1.54, 1.807) is 4.90 Å². The zero-order chi connectivity index (χ0) is 18.4. The largest absolute Gasteiger partial charge is 0.484 e. The number of halogens is 1. The Balaban J connectivity index is 1.44. The number of para-hydroxylation sites is 1. The smallest absolute Gasteiger partial charge is 0.260 e. The molecule has 136 valence electrons. The predicted molar refractivity (Wildman–Crippen MR) is 104 cm³/mol. The number of anilines is 1. The van der Waals surface area contributed by atoms with Crippen molar-refractivity contribution in [1.29, 1.82) is 0 Å². The van der Waals surface area contributed by atoms with Crippen molar-refractivity contribution >= 4 is 33.4 Å². The van der Waals surface area contributed by atoms with Crippen LogP contribution in [0.15, 0.2) is 59.1 Å². The number of likely N-dealkylation sites (tertiary alicyclic amines) is 1. The number of rotatable bonds is 5. The summed E-state index contributed by atoms with van der Waals surface area (Å²) in [6, 6.07) is 16.8. The molecule has 1 heterocycles. The molecule has 0 radical (unpaired) electrons. The van der Waals surface area contributed by atoms with E-state index in [-0.39, 0.29) is 24.3 Å². The average Bonchev–Trinajstić information content (AvgIpc) is 2.67. The second kappa shape index (κ2) is 8.85. The van der Waals surface area contributed by atoms with E-state index in [1.165, 1.54) is 0 Å². The molecule has 0 spiro atoms. The quantitative estimate of drug-likeness (QED) is 0.807. The molecule has 2 aromatic rings. The molecule has 0 atom stereocenters. The van der Waals surface area contributed by atoms with Gasteiger partial charge in [0.05, 0.1) is 0 Å². The van der Waals surface area contributed by atoms with Crippen molar-refractivity contribution in [2.24, 2.45) is 5.92 Å². The number of hydrogen-bond donors (Lipinski definition) is 1. The Morgan fingerprint density at radius 1 is 1.08 bits per heavy atom. The van der Waals surface area contributed by atoms with Gasteiger partial charge in [0.2, 0.25) is 5.91 Å². The van der Waals surface area contributed by atoms with Crippen molar-refractivity contribution in [2.45, 2.75) is 12.8 Å². The lowest BCUT2D eigenvalue weighted by molar-refractivity contribution is -0.136. The van der Waals surface area contributed by atoms with Crippen LogP contribution >= 0.6 is 15.9 Å². The number of amides is 2. The fourth-order valence-corrected chi connectivity index (χ4v) is 3.35. The molecule has 1 N–H and O–H groups in total. The third kappa shape index (κ3) is 5.08. The second-order valence-corrected chi connectivity index (χ2v) is 7.17. The van der Waals surface area contributed by atoms with E-state index < -0.39 is 0 Å². The highest BCUT2D eigenvalue weighted by molar-refractivity contribution is 9.10. The van der Waals surface area contributed by atoms with Gasteiger partial charge < -0.3 is 15.0 Å². The van der Waals surface area contributed by atoms with Crippen molar-refractivity contribution < 1.29 is 14.3 Å². The van der Waals surface area contributed by atoms with Crippen molar-refractivity contribution in [2.75, 3.05) is 25.0 Å². The number of hydrogen-bond acceptors (Lipinski definition) is 3. The van der Waals surface area contributed by atoms with E-state index in [0.717, 1.165) is 10.2 Å². The lowest BCUT2D eigenvalue weighted by atomic mass is 9.95. The van der Waals surface area contributed by atoms with Crippen LogP contribution in [-0.4, -0.2) is 36.4 Å². The molecule has 0 aliphatic carbocycles. The highest BCUT2D eigenvalue weighted by atomic mass is 79.9. The minimum Gasteiger partial charge on any atom is -0.484 e. The summed E-state index contributed by atoms with van der Waals surface area (Å²) in [5.74, 6) is 0.577. The van der Waals surface area contributed by atoms with Crippen LogP contribution in [0.5, 0.6) is 5.75 Å². The van der Waals surface area contributed by atoms with Crippen molar-refractivity contribution in [3.63, 3.8) is 0 Å². The summed E-state index contributed by atoms with van der Waals surface area (Å²) in [5, 5.41) is 2.95. The Hall–Kier alpha value is -2.34. The van der Waals surface area contributed by atoms with Crippen LogP contribution in [-0.2, 0) is 9.59 Å². The fourth-order valence-electron chi connectivity index (χ4n) is 2.95. The van der Waals surface area contributed by atoms with Crippen LogP contribution in [0, 0.1) is 5.92 Å². The SMILES string of the molecule is O=C(Nc1cccc(Br)c1)C1CCN(C(=O)COc2ccccc2)CC1. The summed E-state index contributed by atoms with van der Waals surface area (Å²) < 4.78 is 6.44. The maximum Gasteiger partial charge on any atom is 0.260 e. The van der Waals surface area contributed by atoms with Crippen LogP contribution in [0.4, 0.5) is 5.69 Å². The van der Waals surface area contributed by atoms with Crippen LogP contribution in [0.25, 0.3) is 0 Å². The highest BCUT2D eigenvalue weighted by Gasteiger charge is 2.27. The van der Waals surface area contributed by atoms with Gasteiger partial charge in [-0.25, -0.2) is 0 Å². The van der Waals surface area contributed by atoms with Crippen molar-refractivity contribution in [3.05, 3.63) is 59.1 Å². The molecule has 0 unspecified atom stereocenters. The number of carbonyl (C=O) groups is 2. The third-order valence-corrected chi connectivity index (χ3v) is 4.91. The first-order chi connectivity index (χ1) is 12.6. The Morgan fingerprint density at radius 3 is 2.50 bits per heavy atom. The predicted octanol–water partition coefficient (Wildman–Crippen LogP) is 3.71. The molecule has 2 aromatic carbocycles. The number of piperidine rings is 1. The van der Waals surface area contributed by atoms with E-state index in [1.807, 2.05) is 54.6 Å². The lowest BCUT2D eigenvalue weighted by Crippen LogP contribution is -2.43. The number of benzene rings is 2. The minimum absolute atomic E-state index is 0.00994. The molecule has 0 bridgehead atoms. The normalized spacial score (nSPS) is 14.7. The number of carbonyl (C=O) groups excluding carboxylic acids is 2. The minimum atomic E-state index is -0.0759. The van der Waals surface area contributed by atoms with Gasteiger partial charge in [0.25, 0.3) is 5.91 Å². The molecule has 26 heavy (non-hydrogen) atoms. The van der Waals surface area contributed by atoms with Crippen LogP contribution in [0.3, 0.4) is 0 Å². The molecular weight excluding hydrogens is 396 g/mol. The van der Waals surface area contributed by atoms with Crippen molar-refractivity contribution in [3.8, 4) is 5.75 Å². The zero-order valence-corrected chi connectivity index (χ0v) is 15.9. The molecule has 1 saturated heterocycles. The van der Waals surface area contributed by atoms with Gasteiger partial charge in [-0.3, -0.25) is 9.59 Å². The zero-order valence-electron chi connectivity index (χ0n) is 14.4. The molecule has 1 aliphatic heterocycles. The summed E-state index contributed by atoms with van der Waals surface area (Å²) in [5.41, 5.74) is 0.777. The second-order valence-electron chi connectivity index (χ2n) is 6.26. The molecular formula is C20H21BrN2O3. The van der Waals surface area contributed by atoms with E-state index in [2.05, 4.69) is 21.2 Å². The molecule has 1 aliphatic rings. The average molecular weight is 417 g/mol. The summed E-state index contributed by atoms with van der Waals surface area (Å²) in [7, 11) is 0. The maximum absolute atomic E-state index is 12.4. The van der Waals surface area contributed by atoms with E-state index in [4.69, 9.17) is 4.74 Å². The maximum atomic E-state index is 12.4. The molecule has 0 saturated carbocycles. The van der Waals surface area contributed by atoms with E-state index >= 15 is 0 Å². The molecule has 6 heteroatoms. The topological polar surface area (TPSA) is 58.6 Å². The Labute approximate surface area is 161 Å². The summed E-state index contributed by atoms with van der Waals surface area (Å²) in [6.07, 6.45) is 1.33. The first-order valence-corrected chi connectivity index (χ1v) is 9.43. The highest BCUT2D eigenvalue weighted by Crippen LogP contribution is 2.21. The summed E-state index contributed by atoms with van der Waals surface area (Å²) in [4.78, 5) is 26.5. The van der Waals surface area contributed by atoms with Gasteiger partial charge in [-0.2, -0.15) is 0 Å². The summed E-state index contributed by atoms with van der Waals surface area (Å²) >= 11 is 3.40. The van der Waals surface area contributed by atoms with E-state index in [0.29, 0.717) is 31.7 Å². The Bertz CT molecular complexity index is 759. The van der Waals surface area contributed by atoms with Gasteiger partial charge in [-0.1, -0.05) is 40.2 Å². The monoisotopic (exact) mass is 416 g/mol. The van der Waals surface area contributed by atoms with Gasteiger partial charge in [0.1, 0.15) is 5.75 Å². The van der Waals surface area contributed by atoms with Gasteiger partial charge in [0.15, 0.2) is 6.61 Å².